The highest BCUT2D eigenvalue weighted by molar-refractivity contribution is 5.63. The molecule has 1 aromatic carbocycles. The summed E-state index contributed by atoms with van der Waals surface area (Å²) in [6.07, 6.45) is 4.08. The summed E-state index contributed by atoms with van der Waals surface area (Å²) in [5.41, 5.74) is 4.88. The minimum atomic E-state index is 0.572. The van der Waals surface area contributed by atoms with E-state index in [0.29, 0.717) is 5.92 Å². The van der Waals surface area contributed by atoms with Gasteiger partial charge in [-0.2, -0.15) is 5.10 Å². The Balaban J connectivity index is 1.44. The van der Waals surface area contributed by atoms with Crippen LogP contribution in [0.5, 0.6) is 0 Å². The first-order valence-corrected chi connectivity index (χ1v) is 8.66. The minimum Gasteiger partial charge on any atom is -0.468 e. The van der Waals surface area contributed by atoms with Crippen molar-refractivity contribution in [3.63, 3.8) is 0 Å². The molecule has 0 radical (unpaired) electrons. The number of hydrogen-bond donors (Lipinski definition) is 1. The van der Waals surface area contributed by atoms with E-state index in [2.05, 4.69) is 52.4 Å². The molecule has 1 fully saturated rings. The van der Waals surface area contributed by atoms with Crippen LogP contribution in [-0.4, -0.2) is 28.2 Å². The van der Waals surface area contributed by atoms with Gasteiger partial charge in [-0.15, -0.1) is 0 Å². The molecule has 24 heavy (non-hydrogen) atoms. The van der Waals surface area contributed by atoms with Crippen LogP contribution in [-0.2, 0) is 6.54 Å². The Morgan fingerprint density at radius 3 is 2.62 bits per heavy atom. The monoisotopic (exact) mass is 321 g/mol. The lowest BCUT2D eigenvalue weighted by Gasteiger charge is -2.31. The number of benzene rings is 1. The van der Waals surface area contributed by atoms with Gasteiger partial charge in [-0.05, 0) is 50.6 Å². The SMILES string of the molecule is Cc1c(-c2ccccc2)n[nH]c1C1CCN(Cc2ccco2)CC1. The molecule has 124 valence electrons. The van der Waals surface area contributed by atoms with Crippen molar-refractivity contribution in [1.29, 1.82) is 0 Å². The van der Waals surface area contributed by atoms with E-state index in [9.17, 15) is 0 Å². The lowest BCUT2D eigenvalue weighted by molar-refractivity contribution is 0.189. The normalized spacial score (nSPS) is 16.5. The van der Waals surface area contributed by atoms with Gasteiger partial charge in [0.15, 0.2) is 0 Å². The van der Waals surface area contributed by atoms with Gasteiger partial charge in [0.25, 0.3) is 0 Å². The minimum absolute atomic E-state index is 0.572. The van der Waals surface area contributed by atoms with Gasteiger partial charge in [0.05, 0.1) is 18.5 Å². The van der Waals surface area contributed by atoms with E-state index < -0.39 is 0 Å². The van der Waals surface area contributed by atoms with Crippen molar-refractivity contribution < 1.29 is 4.42 Å². The molecule has 1 aliphatic rings. The Morgan fingerprint density at radius 2 is 1.92 bits per heavy atom. The van der Waals surface area contributed by atoms with E-state index in [-0.39, 0.29) is 0 Å². The van der Waals surface area contributed by atoms with Gasteiger partial charge in [-0.1, -0.05) is 30.3 Å². The Hall–Kier alpha value is -2.33. The molecule has 1 aliphatic heterocycles. The van der Waals surface area contributed by atoms with Crippen LogP contribution in [0.4, 0.5) is 0 Å². The zero-order valence-electron chi connectivity index (χ0n) is 14.0. The molecule has 0 atom stereocenters. The lowest BCUT2D eigenvalue weighted by atomic mass is 9.90. The van der Waals surface area contributed by atoms with Gasteiger partial charge in [0.2, 0.25) is 0 Å². The van der Waals surface area contributed by atoms with Gasteiger partial charge < -0.3 is 4.42 Å². The van der Waals surface area contributed by atoms with Gasteiger partial charge in [-0.25, -0.2) is 0 Å². The van der Waals surface area contributed by atoms with Crippen molar-refractivity contribution in [3.8, 4) is 11.3 Å². The highest BCUT2D eigenvalue weighted by atomic mass is 16.3. The summed E-state index contributed by atoms with van der Waals surface area (Å²) in [5.74, 6) is 1.63. The van der Waals surface area contributed by atoms with Crippen molar-refractivity contribution in [3.05, 3.63) is 65.7 Å². The fraction of sp³-hybridized carbons (Fsp3) is 0.350. The summed E-state index contributed by atoms with van der Waals surface area (Å²) in [6.45, 7) is 5.31. The number of nitrogens with zero attached hydrogens (tertiary/aromatic N) is 2. The number of aromatic amines is 1. The Bertz CT molecular complexity index is 769. The number of aromatic nitrogens is 2. The number of H-pyrrole nitrogens is 1. The molecule has 4 rings (SSSR count). The van der Waals surface area contributed by atoms with E-state index in [0.717, 1.165) is 43.9 Å². The molecule has 4 nitrogen and oxygen atoms in total. The number of furan rings is 1. The summed E-state index contributed by atoms with van der Waals surface area (Å²) in [5, 5.41) is 7.90. The number of piperidine rings is 1. The number of likely N-dealkylation sites (tertiary alicyclic amines) is 1. The fourth-order valence-electron chi connectivity index (χ4n) is 3.69. The quantitative estimate of drug-likeness (QED) is 0.776. The molecule has 0 amide bonds. The summed E-state index contributed by atoms with van der Waals surface area (Å²) >= 11 is 0. The molecule has 0 saturated carbocycles. The average molecular weight is 321 g/mol. The highest BCUT2D eigenvalue weighted by Crippen LogP contribution is 2.33. The summed E-state index contributed by atoms with van der Waals surface area (Å²) in [6, 6.07) is 14.4. The van der Waals surface area contributed by atoms with Crippen molar-refractivity contribution in [2.45, 2.75) is 32.2 Å². The summed E-state index contributed by atoms with van der Waals surface area (Å²) < 4.78 is 5.46. The van der Waals surface area contributed by atoms with Gasteiger partial charge in [0.1, 0.15) is 5.76 Å². The van der Waals surface area contributed by atoms with Crippen molar-refractivity contribution in [1.82, 2.24) is 15.1 Å². The number of hydrogen-bond acceptors (Lipinski definition) is 3. The molecule has 0 unspecified atom stereocenters. The topological polar surface area (TPSA) is 45.1 Å². The summed E-state index contributed by atoms with van der Waals surface area (Å²) in [7, 11) is 0. The molecule has 3 heterocycles. The van der Waals surface area contributed by atoms with Crippen molar-refractivity contribution in [2.24, 2.45) is 0 Å². The predicted octanol–water partition coefficient (Wildman–Crippen LogP) is 4.36. The van der Waals surface area contributed by atoms with Crippen LogP contribution < -0.4 is 0 Å². The van der Waals surface area contributed by atoms with E-state index in [4.69, 9.17) is 4.42 Å². The fourth-order valence-corrected chi connectivity index (χ4v) is 3.69. The lowest BCUT2D eigenvalue weighted by Crippen LogP contribution is -2.32. The molecule has 4 heteroatoms. The molecule has 1 saturated heterocycles. The molecule has 0 bridgehead atoms. The van der Waals surface area contributed by atoms with Gasteiger partial charge in [0, 0.05) is 17.2 Å². The molecule has 3 aromatic rings. The van der Waals surface area contributed by atoms with E-state index in [1.807, 2.05) is 12.1 Å². The second-order valence-electron chi connectivity index (χ2n) is 6.61. The van der Waals surface area contributed by atoms with Crippen LogP contribution in [0.3, 0.4) is 0 Å². The summed E-state index contributed by atoms with van der Waals surface area (Å²) in [4.78, 5) is 2.47. The van der Waals surface area contributed by atoms with Crippen LogP contribution in [0.2, 0.25) is 0 Å². The first-order valence-electron chi connectivity index (χ1n) is 8.66. The highest BCUT2D eigenvalue weighted by Gasteiger charge is 2.25. The number of rotatable bonds is 4. The molecule has 0 aliphatic carbocycles. The molecule has 2 aromatic heterocycles. The predicted molar refractivity (Wildman–Crippen MR) is 94.7 cm³/mol. The largest absolute Gasteiger partial charge is 0.468 e. The van der Waals surface area contributed by atoms with Crippen LogP contribution in [0, 0.1) is 6.92 Å². The molecular weight excluding hydrogens is 298 g/mol. The molecule has 1 N–H and O–H groups in total. The van der Waals surface area contributed by atoms with E-state index in [1.165, 1.54) is 16.8 Å². The Kier molecular flexibility index (Phi) is 4.22. The third-order valence-electron chi connectivity index (χ3n) is 5.05. The third-order valence-corrected chi connectivity index (χ3v) is 5.05. The standard InChI is InChI=1S/C20H23N3O/c1-15-19(16-6-3-2-4-7-16)21-22-20(15)17-9-11-23(12-10-17)14-18-8-5-13-24-18/h2-8,13,17H,9-12,14H2,1H3,(H,21,22). The van der Waals surface area contributed by atoms with E-state index in [1.54, 1.807) is 6.26 Å². The van der Waals surface area contributed by atoms with Crippen LogP contribution in [0.15, 0.2) is 53.1 Å². The molecule has 0 spiro atoms. The third kappa shape index (κ3) is 3.02. The van der Waals surface area contributed by atoms with Gasteiger partial charge in [-0.3, -0.25) is 10.00 Å². The van der Waals surface area contributed by atoms with Gasteiger partial charge >= 0.3 is 0 Å². The Labute approximate surface area is 142 Å². The second-order valence-corrected chi connectivity index (χ2v) is 6.61. The van der Waals surface area contributed by atoms with Crippen LogP contribution in [0.25, 0.3) is 11.3 Å². The maximum atomic E-state index is 5.46. The maximum Gasteiger partial charge on any atom is 0.117 e. The first-order chi connectivity index (χ1) is 11.8. The van der Waals surface area contributed by atoms with Crippen molar-refractivity contribution >= 4 is 0 Å². The van der Waals surface area contributed by atoms with Crippen LogP contribution in [0.1, 0.15) is 35.8 Å². The van der Waals surface area contributed by atoms with Crippen molar-refractivity contribution in [2.75, 3.05) is 13.1 Å². The maximum absolute atomic E-state index is 5.46. The zero-order chi connectivity index (χ0) is 16.4. The van der Waals surface area contributed by atoms with Crippen LogP contribution >= 0.6 is 0 Å². The average Bonchev–Trinajstić information content (AvgIpc) is 3.26. The number of nitrogens with one attached hydrogen (secondary N) is 1. The zero-order valence-corrected chi connectivity index (χ0v) is 14.0. The molecular formula is C20H23N3O. The van der Waals surface area contributed by atoms with E-state index >= 15 is 0 Å². The first kappa shape index (κ1) is 15.2. The second kappa shape index (κ2) is 6.65. The Morgan fingerprint density at radius 1 is 1.12 bits per heavy atom. The smallest absolute Gasteiger partial charge is 0.117 e.